The third kappa shape index (κ3) is 2.12. The second kappa shape index (κ2) is 4.24. The molecule has 0 saturated carbocycles. The maximum absolute atomic E-state index is 10.8. The van der Waals surface area contributed by atoms with Crippen LogP contribution in [-0.2, 0) is 4.79 Å². The normalized spacial score (nSPS) is 12.5. The Hall–Kier alpha value is -1.35. The lowest BCUT2D eigenvalue weighted by atomic mass is 9.96. The average Bonchev–Trinajstić information content (AvgIpc) is 2.11. The maximum Gasteiger partial charge on any atom is 0.313 e. The number of carboxylic acids is 1. The maximum atomic E-state index is 10.8. The Balaban J connectivity index is 3.06. The van der Waals surface area contributed by atoms with Gasteiger partial charge in [0.2, 0.25) is 0 Å². The lowest BCUT2D eigenvalue weighted by molar-refractivity contribution is -0.139. The molecule has 0 amide bonds. The molecule has 0 bridgehead atoms. The first kappa shape index (κ1) is 10.7. The van der Waals surface area contributed by atoms with Crippen LogP contribution in [0.2, 0.25) is 0 Å². The van der Waals surface area contributed by atoms with Crippen molar-refractivity contribution in [3.8, 4) is 0 Å². The summed E-state index contributed by atoms with van der Waals surface area (Å²) in [6.45, 7) is 3.53. The van der Waals surface area contributed by atoms with Gasteiger partial charge in [-0.3, -0.25) is 4.79 Å². The summed E-state index contributed by atoms with van der Waals surface area (Å²) in [5, 5.41) is 17.8. The van der Waals surface area contributed by atoms with Crippen LogP contribution in [0.1, 0.15) is 22.6 Å². The average molecular weight is 194 g/mol. The Morgan fingerprint density at radius 3 is 2.43 bits per heavy atom. The van der Waals surface area contributed by atoms with Crippen molar-refractivity contribution in [2.45, 2.75) is 19.8 Å². The Labute approximate surface area is 83.0 Å². The first-order valence-corrected chi connectivity index (χ1v) is 4.47. The molecule has 3 nitrogen and oxygen atoms in total. The highest BCUT2D eigenvalue weighted by Gasteiger charge is 2.18. The quantitative estimate of drug-likeness (QED) is 0.766. The summed E-state index contributed by atoms with van der Waals surface area (Å²) in [5.74, 6) is -1.80. The fourth-order valence-electron chi connectivity index (χ4n) is 1.31. The monoisotopic (exact) mass is 194 g/mol. The van der Waals surface area contributed by atoms with E-state index in [0.29, 0.717) is 5.56 Å². The van der Waals surface area contributed by atoms with Gasteiger partial charge < -0.3 is 10.2 Å². The SMILES string of the molecule is Cc1ccc(C(CO)C(=O)O)cc1C. The molecule has 14 heavy (non-hydrogen) atoms. The molecule has 0 heterocycles. The van der Waals surface area contributed by atoms with E-state index in [1.807, 2.05) is 26.0 Å². The molecule has 1 unspecified atom stereocenters. The molecule has 0 radical (unpaired) electrons. The van der Waals surface area contributed by atoms with Crippen molar-refractivity contribution in [2.75, 3.05) is 6.61 Å². The Kier molecular flexibility index (Phi) is 3.25. The smallest absolute Gasteiger partial charge is 0.313 e. The van der Waals surface area contributed by atoms with Crippen LogP contribution >= 0.6 is 0 Å². The Morgan fingerprint density at radius 1 is 1.36 bits per heavy atom. The van der Waals surface area contributed by atoms with E-state index in [1.165, 1.54) is 0 Å². The third-order valence-corrected chi connectivity index (χ3v) is 2.41. The van der Waals surface area contributed by atoms with Crippen molar-refractivity contribution in [1.82, 2.24) is 0 Å². The second-order valence-corrected chi connectivity index (χ2v) is 3.42. The summed E-state index contributed by atoms with van der Waals surface area (Å²) in [7, 11) is 0. The van der Waals surface area contributed by atoms with E-state index in [2.05, 4.69) is 0 Å². The minimum Gasteiger partial charge on any atom is -0.481 e. The topological polar surface area (TPSA) is 57.5 Å². The first-order chi connectivity index (χ1) is 6.56. The number of hydrogen-bond acceptors (Lipinski definition) is 2. The van der Waals surface area contributed by atoms with Crippen LogP contribution in [0, 0.1) is 13.8 Å². The number of rotatable bonds is 3. The van der Waals surface area contributed by atoms with Gasteiger partial charge in [0.05, 0.1) is 6.61 Å². The van der Waals surface area contributed by atoms with Gasteiger partial charge in [-0.1, -0.05) is 18.2 Å². The Bertz CT molecular complexity index is 344. The van der Waals surface area contributed by atoms with Crippen LogP contribution in [0.4, 0.5) is 0 Å². The summed E-state index contributed by atoms with van der Waals surface area (Å²) < 4.78 is 0. The van der Waals surface area contributed by atoms with Crippen molar-refractivity contribution in [1.29, 1.82) is 0 Å². The fraction of sp³-hybridized carbons (Fsp3) is 0.364. The summed E-state index contributed by atoms with van der Waals surface area (Å²) in [6, 6.07) is 5.43. The fourth-order valence-corrected chi connectivity index (χ4v) is 1.31. The predicted molar refractivity (Wildman–Crippen MR) is 53.4 cm³/mol. The molecule has 76 valence electrons. The zero-order valence-electron chi connectivity index (χ0n) is 8.32. The molecule has 2 N–H and O–H groups in total. The minimum atomic E-state index is -0.990. The van der Waals surface area contributed by atoms with Crippen molar-refractivity contribution in [3.05, 3.63) is 34.9 Å². The van der Waals surface area contributed by atoms with Gasteiger partial charge in [-0.05, 0) is 30.5 Å². The second-order valence-electron chi connectivity index (χ2n) is 3.42. The largest absolute Gasteiger partial charge is 0.481 e. The van der Waals surface area contributed by atoms with Gasteiger partial charge in [0.25, 0.3) is 0 Å². The van der Waals surface area contributed by atoms with Crippen LogP contribution in [0.25, 0.3) is 0 Å². The molecule has 0 fully saturated rings. The molecule has 1 atom stereocenters. The molecule has 1 aromatic rings. The van der Waals surface area contributed by atoms with E-state index in [0.717, 1.165) is 11.1 Å². The number of benzene rings is 1. The van der Waals surface area contributed by atoms with Crippen LogP contribution in [0.15, 0.2) is 18.2 Å². The molecule has 1 rings (SSSR count). The van der Waals surface area contributed by atoms with E-state index in [-0.39, 0.29) is 6.61 Å². The predicted octanol–water partition coefficient (Wildman–Crippen LogP) is 1.46. The van der Waals surface area contributed by atoms with Gasteiger partial charge in [-0.2, -0.15) is 0 Å². The Morgan fingerprint density at radius 2 is 2.00 bits per heavy atom. The number of aliphatic hydroxyl groups excluding tert-OH is 1. The number of carbonyl (C=O) groups is 1. The van der Waals surface area contributed by atoms with Gasteiger partial charge in [-0.15, -0.1) is 0 Å². The van der Waals surface area contributed by atoms with Gasteiger partial charge in [0.15, 0.2) is 0 Å². The van der Waals surface area contributed by atoms with Crippen LogP contribution in [-0.4, -0.2) is 22.8 Å². The molecule has 0 saturated heterocycles. The highest BCUT2D eigenvalue weighted by Crippen LogP contribution is 2.18. The van der Waals surface area contributed by atoms with E-state index >= 15 is 0 Å². The van der Waals surface area contributed by atoms with Gasteiger partial charge in [0.1, 0.15) is 5.92 Å². The molecule has 0 spiro atoms. The van der Waals surface area contributed by atoms with Crippen molar-refractivity contribution in [2.24, 2.45) is 0 Å². The summed E-state index contributed by atoms with van der Waals surface area (Å²) in [4.78, 5) is 10.8. The van der Waals surface area contributed by atoms with Gasteiger partial charge in [0, 0.05) is 0 Å². The van der Waals surface area contributed by atoms with E-state index in [1.54, 1.807) is 6.07 Å². The highest BCUT2D eigenvalue weighted by atomic mass is 16.4. The highest BCUT2D eigenvalue weighted by molar-refractivity contribution is 5.76. The molecular weight excluding hydrogens is 180 g/mol. The molecule has 1 aromatic carbocycles. The standard InChI is InChI=1S/C11H14O3/c1-7-3-4-9(5-8(7)2)10(6-12)11(13)14/h3-5,10,12H,6H2,1-2H3,(H,13,14). The van der Waals surface area contributed by atoms with E-state index < -0.39 is 11.9 Å². The van der Waals surface area contributed by atoms with Crippen molar-refractivity contribution >= 4 is 5.97 Å². The summed E-state index contributed by atoms with van der Waals surface area (Å²) in [6.07, 6.45) is 0. The minimum absolute atomic E-state index is 0.363. The number of hydrogen-bond donors (Lipinski definition) is 2. The summed E-state index contributed by atoms with van der Waals surface area (Å²) in [5.41, 5.74) is 2.82. The molecule has 0 aliphatic rings. The van der Waals surface area contributed by atoms with Gasteiger partial charge >= 0.3 is 5.97 Å². The number of aliphatic carboxylic acids is 1. The van der Waals surface area contributed by atoms with Crippen molar-refractivity contribution in [3.63, 3.8) is 0 Å². The van der Waals surface area contributed by atoms with Gasteiger partial charge in [-0.25, -0.2) is 0 Å². The number of aliphatic hydroxyl groups is 1. The molecule has 0 aliphatic carbocycles. The van der Waals surface area contributed by atoms with E-state index in [4.69, 9.17) is 10.2 Å². The number of aryl methyl sites for hydroxylation is 2. The third-order valence-electron chi connectivity index (χ3n) is 2.41. The molecular formula is C11H14O3. The molecule has 0 aliphatic heterocycles. The zero-order valence-corrected chi connectivity index (χ0v) is 8.32. The number of carboxylic acid groups (broad SMARTS) is 1. The van der Waals surface area contributed by atoms with E-state index in [9.17, 15) is 4.79 Å². The van der Waals surface area contributed by atoms with Crippen LogP contribution in [0.5, 0.6) is 0 Å². The molecule has 3 heteroatoms. The molecule has 0 aromatic heterocycles. The lowest BCUT2D eigenvalue weighted by Crippen LogP contribution is -2.15. The van der Waals surface area contributed by atoms with Crippen LogP contribution in [0.3, 0.4) is 0 Å². The lowest BCUT2D eigenvalue weighted by Gasteiger charge is -2.11. The van der Waals surface area contributed by atoms with Crippen molar-refractivity contribution < 1.29 is 15.0 Å². The zero-order chi connectivity index (χ0) is 10.7. The summed E-state index contributed by atoms with van der Waals surface area (Å²) >= 11 is 0. The first-order valence-electron chi connectivity index (χ1n) is 4.47. The van der Waals surface area contributed by atoms with Crippen LogP contribution < -0.4 is 0 Å².